The van der Waals surface area contributed by atoms with Crippen LogP contribution < -0.4 is 10.2 Å². The van der Waals surface area contributed by atoms with Crippen LogP contribution in [0.25, 0.3) is 0 Å². The van der Waals surface area contributed by atoms with E-state index in [1.165, 1.54) is 18.6 Å². The van der Waals surface area contributed by atoms with Crippen LogP contribution in [-0.2, 0) is 4.79 Å². The van der Waals surface area contributed by atoms with Gasteiger partial charge in [0, 0.05) is 17.2 Å². The maximum absolute atomic E-state index is 13.0. The standard InChI is InChI=1S/C18H23FN2O2/c1-17(2)12-7-8-18(17,3)15(9-12)20-21-16(22)11-23-14-6-4-5-13(19)10-14/h4-6,10,12H,7-9,11H2,1-3H3,(H,21,22). The Morgan fingerprint density at radius 3 is 2.83 bits per heavy atom. The molecule has 0 aliphatic heterocycles. The van der Waals surface area contributed by atoms with Gasteiger partial charge >= 0.3 is 0 Å². The average molecular weight is 318 g/mol. The van der Waals surface area contributed by atoms with E-state index in [-0.39, 0.29) is 29.2 Å². The largest absolute Gasteiger partial charge is 0.484 e. The van der Waals surface area contributed by atoms with Crippen molar-refractivity contribution in [2.75, 3.05) is 6.61 Å². The van der Waals surface area contributed by atoms with Crippen LogP contribution in [0.3, 0.4) is 0 Å². The van der Waals surface area contributed by atoms with Crippen molar-refractivity contribution in [2.24, 2.45) is 21.8 Å². The number of nitrogens with one attached hydrogen (secondary N) is 1. The summed E-state index contributed by atoms with van der Waals surface area (Å²) >= 11 is 0. The van der Waals surface area contributed by atoms with Crippen molar-refractivity contribution < 1.29 is 13.9 Å². The summed E-state index contributed by atoms with van der Waals surface area (Å²) in [7, 11) is 0. The fourth-order valence-corrected chi connectivity index (χ4v) is 3.97. The molecule has 4 nitrogen and oxygen atoms in total. The zero-order valence-electron chi connectivity index (χ0n) is 13.9. The third-order valence-corrected chi connectivity index (χ3v) is 5.99. The molecule has 2 aliphatic carbocycles. The second-order valence-electron chi connectivity index (χ2n) is 7.33. The van der Waals surface area contributed by atoms with E-state index in [4.69, 9.17) is 4.74 Å². The van der Waals surface area contributed by atoms with Crippen molar-refractivity contribution in [2.45, 2.75) is 40.0 Å². The topological polar surface area (TPSA) is 50.7 Å². The summed E-state index contributed by atoms with van der Waals surface area (Å²) in [6, 6.07) is 5.73. The Kier molecular flexibility index (Phi) is 3.90. The van der Waals surface area contributed by atoms with E-state index in [0.29, 0.717) is 11.7 Å². The lowest BCUT2D eigenvalue weighted by Gasteiger charge is -2.34. The third kappa shape index (κ3) is 2.73. The minimum absolute atomic E-state index is 0.0639. The van der Waals surface area contributed by atoms with Crippen LogP contribution in [0.1, 0.15) is 40.0 Å². The van der Waals surface area contributed by atoms with Gasteiger partial charge in [-0.2, -0.15) is 5.10 Å². The number of fused-ring (bicyclic) bond motifs is 2. The zero-order chi connectivity index (χ0) is 16.7. The predicted octanol–water partition coefficient (Wildman–Crippen LogP) is 3.52. The molecule has 2 fully saturated rings. The van der Waals surface area contributed by atoms with Crippen LogP contribution in [0.2, 0.25) is 0 Å². The number of amides is 1. The van der Waals surface area contributed by atoms with E-state index < -0.39 is 0 Å². The Morgan fingerprint density at radius 2 is 2.22 bits per heavy atom. The van der Waals surface area contributed by atoms with Gasteiger partial charge in [-0.15, -0.1) is 0 Å². The molecule has 0 aromatic heterocycles. The molecule has 2 bridgehead atoms. The molecule has 1 aromatic rings. The number of ether oxygens (including phenoxy) is 1. The number of nitrogens with zero attached hydrogens (tertiary/aromatic N) is 1. The Balaban J connectivity index is 1.57. The van der Waals surface area contributed by atoms with Gasteiger partial charge in [-0.1, -0.05) is 26.8 Å². The minimum atomic E-state index is -0.389. The number of hydrogen-bond donors (Lipinski definition) is 1. The monoisotopic (exact) mass is 318 g/mol. The average Bonchev–Trinajstić information content (AvgIpc) is 2.84. The summed E-state index contributed by atoms with van der Waals surface area (Å²) in [5, 5.41) is 4.37. The highest BCUT2D eigenvalue weighted by atomic mass is 19.1. The summed E-state index contributed by atoms with van der Waals surface area (Å²) < 4.78 is 18.3. The number of benzene rings is 1. The number of halogens is 1. The van der Waals surface area contributed by atoms with Gasteiger partial charge in [0.25, 0.3) is 5.91 Å². The van der Waals surface area contributed by atoms with Crippen molar-refractivity contribution in [3.8, 4) is 5.75 Å². The SMILES string of the molecule is CC12CCC(CC1=NNC(=O)COc1cccc(F)c1)C2(C)C. The first-order valence-corrected chi connectivity index (χ1v) is 8.07. The second kappa shape index (κ2) is 5.62. The molecule has 0 heterocycles. The molecule has 0 radical (unpaired) electrons. The summed E-state index contributed by atoms with van der Waals surface area (Å²) in [5.41, 5.74) is 3.96. The molecule has 1 amide bonds. The smallest absolute Gasteiger partial charge is 0.277 e. The lowest BCUT2D eigenvalue weighted by molar-refractivity contribution is -0.123. The predicted molar refractivity (Wildman–Crippen MR) is 86.7 cm³/mol. The number of carbonyl (C=O) groups excluding carboxylic acids is 1. The lowest BCUT2D eigenvalue weighted by atomic mass is 9.70. The normalized spacial score (nSPS) is 29.7. The summed E-state index contributed by atoms with van der Waals surface area (Å²) in [5.74, 6) is 0.263. The molecular weight excluding hydrogens is 295 g/mol. The van der Waals surface area contributed by atoms with Crippen molar-refractivity contribution in [1.29, 1.82) is 0 Å². The first-order chi connectivity index (χ1) is 10.8. The number of hydrogen-bond acceptors (Lipinski definition) is 3. The quantitative estimate of drug-likeness (QED) is 0.864. The fraction of sp³-hybridized carbons (Fsp3) is 0.556. The molecule has 1 aromatic carbocycles. The molecule has 0 saturated heterocycles. The molecule has 5 heteroatoms. The summed E-state index contributed by atoms with van der Waals surface area (Å²) in [6.45, 7) is 6.65. The van der Waals surface area contributed by atoms with E-state index >= 15 is 0 Å². The molecule has 2 atom stereocenters. The van der Waals surface area contributed by atoms with Gasteiger partial charge < -0.3 is 4.74 Å². The Hall–Kier alpha value is -1.91. The molecule has 124 valence electrons. The van der Waals surface area contributed by atoms with Gasteiger partial charge in [-0.3, -0.25) is 4.79 Å². The van der Waals surface area contributed by atoms with Gasteiger partial charge in [0.1, 0.15) is 11.6 Å². The maximum atomic E-state index is 13.0. The molecule has 3 rings (SSSR count). The fourth-order valence-electron chi connectivity index (χ4n) is 3.97. The van der Waals surface area contributed by atoms with E-state index in [1.54, 1.807) is 12.1 Å². The van der Waals surface area contributed by atoms with Gasteiger partial charge in [0.15, 0.2) is 6.61 Å². The molecule has 2 saturated carbocycles. The van der Waals surface area contributed by atoms with Crippen LogP contribution in [0, 0.1) is 22.6 Å². The van der Waals surface area contributed by atoms with Gasteiger partial charge in [-0.25, -0.2) is 9.82 Å². The Bertz CT molecular complexity index is 656. The first kappa shape index (κ1) is 16.0. The van der Waals surface area contributed by atoms with Gasteiger partial charge in [-0.05, 0) is 42.7 Å². The van der Waals surface area contributed by atoms with Gasteiger partial charge in [0.2, 0.25) is 0 Å². The molecular formula is C18H23FN2O2. The van der Waals surface area contributed by atoms with Crippen LogP contribution in [0.5, 0.6) is 5.75 Å². The number of rotatable bonds is 4. The number of hydrazone groups is 1. The molecule has 2 aliphatic rings. The molecule has 1 N–H and O–H groups in total. The van der Waals surface area contributed by atoms with Crippen molar-refractivity contribution in [3.05, 3.63) is 30.1 Å². The summed E-state index contributed by atoms with van der Waals surface area (Å²) in [6.07, 6.45) is 3.31. The second-order valence-corrected chi connectivity index (χ2v) is 7.33. The van der Waals surface area contributed by atoms with E-state index in [2.05, 4.69) is 31.3 Å². The molecule has 23 heavy (non-hydrogen) atoms. The van der Waals surface area contributed by atoms with Crippen LogP contribution in [0.4, 0.5) is 4.39 Å². The molecule has 2 unspecified atom stereocenters. The highest BCUT2D eigenvalue weighted by molar-refractivity contribution is 5.95. The van der Waals surface area contributed by atoms with Gasteiger partial charge in [0.05, 0.1) is 0 Å². The third-order valence-electron chi connectivity index (χ3n) is 5.99. The minimum Gasteiger partial charge on any atom is -0.484 e. The van der Waals surface area contributed by atoms with Crippen molar-refractivity contribution in [1.82, 2.24) is 5.43 Å². The van der Waals surface area contributed by atoms with E-state index in [0.717, 1.165) is 18.6 Å². The highest BCUT2D eigenvalue weighted by Gasteiger charge is 2.59. The van der Waals surface area contributed by atoms with E-state index in [9.17, 15) is 9.18 Å². The number of carbonyl (C=O) groups is 1. The van der Waals surface area contributed by atoms with Crippen LogP contribution >= 0.6 is 0 Å². The van der Waals surface area contributed by atoms with Crippen molar-refractivity contribution >= 4 is 11.6 Å². The van der Waals surface area contributed by atoms with Crippen molar-refractivity contribution in [3.63, 3.8) is 0 Å². The Morgan fingerprint density at radius 1 is 1.43 bits per heavy atom. The summed E-state index contributed by atoms with van der Waals surface area (Å²) in [4.78, 5) is 11.9. The maximum Gasteiger partial charge on any atom is 0.277 e. The van der Waals surface area contributed by atoms with E-state index in [1.807, 2.05) is 0 Å². The van der Waals surface area contributed by atoms with Crippen LogP contribution in [-0.4, -0.2) is 18.2 Å². The first-order valence-electron chi connectivity index (χ1n) is 8.07. The lowest BCUT2D eigenvalue weighted by Crippen LogP contribution is -2.35. The Labute approximate surface area is 136 Å². The van der Waals surface area contributed by atoms with Crippen LogP contribution in [0.15, 0.2) is 29.4 Å². The zero-order valence-corrected chi connectivity index (χ0v) is 13.9. The highest BCUT2D eigenvalue weighted by Crippen LogP contribution is 2.63. The molecule has 0 spiro atoms.